The lowest BCUT2D eigenvalue weighted by Gasteiger charge is -2.28. The van der Waals surface area contributed by atoms with E-state index in [1.54, 1.807) is 18.2 Å². The SMILES string of the molecule is CCCCCCCC(=O)N[C@@H](NC(=S)Nc1ccccc1O)C(Cl)(Cl)Cl. The molecule has 1 amide bonds. The van der Waals surface area contributed by atoms with Gasteiger partial charge in [0.2, 0.25) is 9.70 Å². The molecule has 0 aromatic heterocycles. The Morgan fingerprint density at radius 1 is 1.15 bits per heavy atom. The van der Waals surface area contributed by atoms with Gasteiger partial charge in [0, 0.05) is 6.42 Å². The average Bonchev–Trinajstić information content (AvgIpc) is 2.55. The van der Waals surface area contributed by atoms with Gasteiger partial charge in [0.15, 0.2) is 5.11 Å². The maximum Gasteiger partial charge on any atom is 0.228 e. The zero-order valence-corrected chi connectivity index (χ0v) is 17.6. The van der Waals surface area contributed by atoms with Crippen molar-refractivity contribution < 1.29 is 9.90 Å². The summed E-state index contributed by atoms with van der Waals surface area (Å²) in [5.74, 6) is -0.200. The number of phenolic OH excluding ortho intramolecular Hbond substituents is 1. The predicted molar refractivity (Wildman–Crippen MR) is 113 cm³/mol. The molecule has 0 radical (unpaired) electrons. The molecule has 4 N–H and O–H groups in total. The zero-order chi connectivity index (χ0) is 19.6. The Hall–Kier alpha value is -0.950. The summed E-state index contributed by atoms with van der Waals surface area (Å²) in [5.41, 5.74) is 0.398. The summed E-state index contributed by atoms with van der Waals surface area (Å²) >= 11 is 23.0. The zero-order valence-electron chi connectivity index (χ0n) is 14.5. The Morgan fingerprint density at radius 3 is 2.42 bits per heavy atom. The Labute approximate surface area is 174 Å². The summed E-state index contributed by atoms with van der Waals surface area (Å²) in [5, 5.41) is 18.1. The number of halogens is 3. The smallest absolute Gasteiger partial charge is 0.228 e. The first-order valence-corrected chi connectivity index (χ1v) is 9.99. The van der Waals surface area contributed by atoms with E-state index >= 15 is 0 Å². The molecule has 0 saturated carbocycles. The van der Waals surface area contributed by atoms with Crippen LogP contribution in [0, 0.1) is 0 Å². The molecule has 0 saturated heterocycles. The van der Waals surface area contributed by atoms with Crippen molar-refractivity contribution in [3.63, 3.8) is 0 Å². The van der Waals surface area contributed by atoms with Gasteiger partial charge < -0.3 is 21.1 Å². The maximum absolute atomic E-state index is 12.1. The number of nitrogens with one attached hydrogen (secondary N) is 3. The van der Waals surface area contributed by atoms with Gasteiger partial charge in [-0.1, -0.05) is 79.5 Å². The van der Waals surface area contributed by atoms with Crippen molar-refractivity contribution >= 4 is 63.7 Å². The Balaban J connectivity index is 2.54. The highest BCUT2D eigenvalue weighted by Gasteiger charge is 2.34. The number of hydrogen-bond acceptors (Lipinski definition) is 3. The summed E-state index contributed by atoms with van der Waals surface area (Å²) < 4.78 is -1.80. The summed E-state index contributed by atoms with van der Waals surface area (Å²) in [4.78, 5) is 12.1. The first-order valence-electron chi connectivity index (χ1n) is 8.45. The molecule has 0 unspecified atom stereocenters. The largest absolute Gasteiger partial charge is 0.506 e. The quantitative estimate of drug-likeness (QED) is 0.145. The third kappa shape index (κ3) is 9.12. The Bertz CT molecular complexity index is 597. The van der Waals surface area contributed by atoms with Crippen LogP contribution < -0.4 is 16.0 Å². The molecule has 1 rings (SSSR count). The van der Waals surface area contributed by atoms with E-state index in [-0.39, 0.29) is 16.8 Å². The fourth-order valence-corrected chi connectivity index (χ4v) is 2.75. The minimum atomic E-state index is -1.80. The predicted octanol–water partition coefficient (Wildman–Crippen LogP) is 4.85. The molecular formula is C17H24Cl3N3O2S. The van der Waals surface area contributed by atoms with Gasteiger partial charge in [-0.25, -0.2) is 0 Å². The van der Waals surface area contributed by atoms with Gasteiger partial charge in [0.05, 0.1) is 5.69 Å². The number of rotatable bonds is 9. The topological polar surface area (TPSA) is 73.4 Å². The monoisotopic (exact) mass is 439 g/mol. The lowest BCUT2D eigenvalue weighted by atomic mass is 10.1. The molecule has 0 heterocycles. The van der Waals surface area contributed by atoms with Crippen molar-refractivity contribution in [3.8, 4) is 5.75 Å². The normalized spacial score (nSPS) is 12.3. The van der Waals surface area contributed by atoms with Crippen LogP contribution in [0.1, 0.15) is 45.4 Å². The van der Waals surface area contributed by atoms with Gasteiger partial charge in [-0.05, 0) is 30.8 Å². The molecule has 0 aliphatic rings. The van der Waals surface area contributed by atoms with Crippen molar-refractivity contribution in [2.24, 2.45) is 0 Å². The van der Waals surface area contributed by atoms with Gasteiger partial charge in [-0.3, -0.25) is 4.79 Å². The number of carbonyl (C=O) groups is 1. The van der Waals surface area contributed by atoms with E-state index in [1.165, 1.54) is 6.07 Å². The van der Waals surface area contributed by atoms with Gasteiger partial charge in [-0.2, -0.15) is 0 Å². The van der Waals surface area contributed by atoms with E-state index in [2.05, 4.69) is 22.9 Å². The van der Waals surface area contributed by atoms with Gasteiger partial charge in [-0.15, -0.1) is 0 Å². The second-order valence-electron chi connectivity index (χ2n) is 5.82. The number of para-hydroxylation sites is 2. The van der Waals surface area contributed by atoms with Crippen LogP contribution in [0.3, 0.4) is 0 Å². The highest BCUT2D eigenvalue weighted by molar-refractivity contribution is 7.80. The van der Waals surface area contributed by atoms with E-state index < -0.39 is 9.96 Å². The molecule has 0 bridgehead atoms. The van der Waals surface area contributed by atoms with Gasteiger partial charge >= 0.3 is 0 Å². The van der Waals surface area contributed by atoms with Gasteiger partial charge in [0.25, 0.3) is 0 Å². The Kier molecular flexibility index (Phi) is 10.4. The molecule has 0 fully saturated rings. The van der Waals surface area contributed by atoms with Crippen molar-refractivity contribution in [2.75, 3.05) is 5.32 Å². The number of thiocarbonyl (C=S) groups is 1. The lowest BCUT2D eigenvalue weighted by Crippen LogP contribution is -2.56. The number of anilines is 1. The molecule has 0 aliphatic heterocycles. The average molecular weight is 441 g/mol. The van der Waals surface area contributed by atoms with E-state index in [9.17, 15) is 9.90 Å². The molecule has 9 heteroatoms. The van der Waals surface area contributed by atoms with E-state index in [0.717, 1.165) is 32.1 Å². The number of carbonyl (C=O) groups excluding carboxylic acids is 1. The number of hydrogen-bond donors (Lipinski definition) is 4. The van der Waals surface area contributed by atoms with Gasteiger partial charge in [0.1, 0.15) is 11.9 Å². The standard InChI is InChI=1S/C17H24Cl3N3O2S/c1-2-3-4-5-6-11-14(25)22-15(17(18,19)20)23-16(26)21-12-9-7-8-10-13(12)24/h7-10,15,24H,2-6,11H2,1H3,(H,22,25)(H2,21,23,26)/t15-/m0/s1. The molecule has 146 valence electrons. The van der Waals surface area contributed by atoms with Crippen LogP contribution in [-0.2, 0) is 4.79 Å². The fourth-order valence-electron chi connectivity index (χ4n) is 2.19. The highest BCUT2D eigenvalue weighted by atomic mass is 35.6. The van der Waals surface area contributed by atoms with Crippen molar-refractivity contribution in [3.05, 3.63) is 24.3 Å². The number of unbranched alkanes of at least 4 members (excludes halogenated alkanes) is 4. The number of amides is 1. The summed E-state index contributed by atoms with van der Waals surface area (Å²) in [6.07, 6.45) is 4.51. The summed E-state index contributed by atoms with van der Waals surface area (Å²) in [6.45, 7) is 2.14. The van der Waals surface area contributed by atoms with Crippen LogP contribution in [0.15, 0.2) is 24.3 Å². The summed E-state index contributed by atoms with van der Waals surface area (Å²) in [6, 6.07) is 6.57. The molecular weight excluding hydrogens is 417 g/mol. The molecule has 1 aromatic rings. The van der Waals surface area contributed by atoms with Crippen LogP contribution >= 0.6 is 47.0 Å². The van der Waals surface area contributed by atoms with Crippen LogP contribution in [0.4, 0.5) is 5.69 Å². The fraction of sp³-hybridized carbons (Fsp3) is 0.529. The molecule has 26 heavy (non-hydrogen) atoms. The first kappa shape index (κ1) is 23.1. The third-order valence-corrected chi connectivity index (χ3v) is 4.44. The Morgan fingerprint density at radius 2 is 1.81 bits per heavy atom. The van der Waals surface area contributed by atoms with Crippen LogP contribution in [-0.4, -0.2) is 26.1 Å². The van der Waals surface area contributed by atoms with E-state index in [4.69, 9.17) is 47.0 Å². The third-order valence-electron chi connectivity index (χ3n) is 3.57. The second kappa shape index (κ2) is 11.7. The maximum atomic E-state index is 12.1. The number of benzene rings is 1. The highest BCUT2D eigenvalue weighted by Crippen LogP contribution is 2.29. The van der Waals surface area contributed by atoms with Crippen LogP contribution in [0.5, 0.6) is 5.75 Å². The van der Waals surface area contributed by atoms with Crippen molar-refractivity contribution in [2.45, 2.75) is 55.4 Å². The van der Waals surface area contributed by atoms with Crippen molar-refractivity contribution in [1.29, 1.82) is 0 Å². The molecule has 1 aromatic carbocycles. The second-order valence-corrected chi connectivity index (χ2v) is 8.60. The summed E-state index contributed by atoms with van der Waals surface area (Å²) in [7, 11) is 0. The van der Waals surface area contributed by atoms with Crippen LogP contribution in [0.25, 0.3) is 0 Å². The minimum absolute atomic E-state index is 0.0261. The number of phenols is 1. The van der Waals surface area contributed by atoms with Crippen LogP contribution in [0.2, 0.25) is 0 Å². The molecule has 0 aliphatic carbocycles. The lowest BCUT2D eigenvalue weighted by molar-refractivity contribution is -0.122. The number of aromatic hydroxyl groups is 1. The van der Waals surface area contributed by atoms with E-state index in [0.29, 0.717) is 12.1 Å². The molecule has 5 nitrogen and oxygen atoms in total. The molecule has 1 atom stereocenters. The molecule has 0 spiro atoms. The first-order chi connectivity index (χ1) is 12.2. The minimum Gasteiger partial charge on any atom is -0.506 e. The number of alkyl halides is 3. The van der Waals surface area contributed by atoms with E-state index in [1.807, 2.05) is 0 Å². The van der Waals surface area contributed by atoms with Crippen molar-refractivity contribution in [1.82, 2.24) is 10.6 Å².